The van der Waals surface area contributed by atoms with Crippen molar-refractivity contribution in [1.82, 2.24) is 4.98 Å². The molecule has 1 amide bonds. The van der Waals surface area contributed by atoms with Crippen LogP contribution in [-0.4, -0.2) is 21.9 Å². The Balaban J connectivity index is 2.70. The van der Waals surface area contributed by atoms with E-state index in [0.29, 0.717) is 5.69 Å². The van der Waals surface area contributed by atoms with Gasteiger partial charge in [-0.05, 0) is 26.0 Å². The van der Waals surface area contributed by atoms with Gasteiger partial charge in [-0.15, -0.1) is 0 Å². The Morgan fingerprint density at radius 1 is 1.56 bits per heavy atom. The molecule has 0 spiro atoms. The van der Waals surface area contributed by atoms with Gasteiger partial charge in [0.2, 0.25) is 5.91 Å². The first kappa shape index (κ1) is 12.0. The lowest BCUT2D eigenvalue weighted by molar-refractivity contribution is -0.115. The van der Waals surface area contributed by atoms with Gasteiger partial charge < -0.3 is 16.3 Å². The number of amides is 1. The molecule has 86 valence electrons. The summed E-state index contributed by atoms with van der Waals surface area (Å²) in [7, 11) is 0. The molecule has 0 saturated carbocycles. The fraction of sp³-hybridized carbons (Fsp3) is 0.300. The molecule has 6 nitrogen and oxygen atoms in total. The molecule has 0 aliphatic rings. The van der Waals surface area contributed by atoms with Crippen molar-refractivity contribution in [1.29, 1.82) is 0 Å². The molecule has 0 fully saturated rings. The summed E-state index contributed by atoms with van der Waals surface area (Å²) < 4.78 is 0. The van der Waals surface area contributed by atoms with E-state index >= 15 is 0 Å². The molecule has 0 aliphatic heterocycles. The summed E-state index contributed by atoms with van der Waals surface area (Å²) in [5, 5.41) is 13.7. The van der Waals surface area contributed by atoms with Crippen LogP contribution in [-0.2, 0) is 4.79 Å². The van der Waals surface area contributed by atoms with Crippen LogP contribution in [0.3, 0.4) is 0 Å². The topological polar surface area (TPSA) is 101 Å². The summed E-state index contributed by atoms with van der Waals surface area (Å²) >= 11 is 0. The van der Waals surface area contributed by atoms with Gasteiger partial charge in [-0.3, -0.25) is 9.78 Å². The third-order valence-electron chi connectivity index (χ3n) is 1.97. The molecule has 0 aromatic carbocycles. The van der Waals surface area contributed by atoms with E-state index in [0.717, 1.165) is 11.4 Å². The van der Waals surface area contributed by atoms with Gasteiger partial charge in [0, 0.05) is 5.69 Å². The minimum absolute atomic E-state index is 0.129. The first-order valence-electron chi connectivity index (χ1n) is 4.73. The number of nitrogens with two attached hydrogens (primary N) is 1. The zero-order valence-corrected chi connectivity index (χ0v) is 9.19. The summed E-state index contributed by atoms with van der Waals surface area (Å²) in [5.74, 6) is -0.473. The predicted molar refractivity (Wildman–Crippen MR) is 60.4 cm³/mol. The average molecular weight is 222 g/mol. The lowest BCUT2D eigenvalue weighted by Gasteiger charge is -2.07. The number of rotatable bonds is 3. The smallest absolute Gasteiger partial charge is 0.232 e. The molecule has 6 heteroatoms. The second-order valence-corrected chi connectivity index (χ2v) is 3.40. The number of oxime groups is 1. The van der Waals surface area contributed by atoms with Crippen molar-refractivity contribution in [2.45, 2.75) is 20.3 Å². The molecule has 4 N–H and O–H groups in total. The van der Waals surface area contributed by atoms with Crippen molar-refractivity contribution in [3.8, 4) is 0 Å². The van der Waals surface area contributed by atoms with Crippen LogP contribution in [0.4, 0.5) is 5.69 Å². The highest BCUT2D eigenvalue weighted by atomic mass is 16.4. The molecule has 1 rings (SSSR count). The number of carbonyl (C=O) groups excluding carboxylic acids is 1. The van der Waals surface area contributed by atoms with Crippen molar-refractivity contribution in [3.63, 3.8) is 0 Å². The van der Waals surface area contributed by atoms with Crippen molar-refractivity contribution >= 4 is 17.4 Å². The highest BCUT2D eigenvalue weighted by Gasteiger charge is 2.07. The molecule has 1 aromatic rings. The number of carbonyl (C=O) groups is 1. The number of nitrogens with one attached hydrogen (secondary N) is 1. The Bertz CT molecular complexity index is 429. The Kier molecular flexibility index (Phi) is 3.82. The predicted octanol–water partition coefficient (Wildman–Crippen LogP) is 0.773. The number of amidine groups is 1. The summed E-state index contributed by atoms with van der Waals surface area (Å²) in [6.45, 7) is 3.67. The maximum absolute atomic E-state index is 11.4. The first-order chi connectivity index (χ1) is 7.52. The monoisotopic (exact) mass is 222 g/mol. The average Bonchev–Trinajstić information content (AvgIpc) is 2.22. The van der Waals surface area contributed by atoms with E-state index < -0.39 is 0 Å². The van der Waals surface area contributed by atoms with Crippen LogP contribution in [0.1, 0.15) is 17.8 Å². The number of anilines is 1. The molecule has 0 saturated heterocycles. The van der Waals surface area contributed by atoms with Crippen molar-refractivity contribution in [2.75, 3.05) is 5.32 Å². The fourth-order valence-electron chi connectivity index (χ4n) is 1.21. The molecule has 0 bridgehead atoms. The largest absolute Gasteiger partial charge is 0.409 e. The Morgan fingerprint density at radius 2 is 2.25 bits per heavy atom. The lowest BCUT2D eigenvalue weighted by atomic mass is 10.2. The van der Waals surface area contributed by atoms with E-state index in [1.54, 1.807) is 19.1 Å². The minimum Gasteiger partial charge on any atom is -0.409 e. The van der Waals surface area contributed by atoms with Gasteiger partial charge in [-0.2, -0.15) is 0 Å². The maximum atomic E-state index is 11.4. The van der Waals surface area contributed by atoms with Crippen LogP contribution in [0.25, 0.3) is 0 Å². The first-order valence-corrected chi connectivity index (χ1v) is 4.73. The molecule has 16 heavy (non-hydrogen) atoms. The molecular weight excluding hydrogens is 208 g/mol. The van der Waals surface area contributed by atoms with Crippen LogP contribution in [0, 0.1) is 13.8 Å². The van der Waals surface area contributed by atoms with Gasteiger partial charge >= 0.3 is 0 Å². The molecular formula is C10H14N4O2. The number of hydrogen-bond donors (Lipinski definition) is 3. The Labute approximate surface area is 93.2 Å². The number of hydrogen-bond acceptors (Lipinski definition) is 4. The van der Waals surface area contributed by atoms with Gasteiger partial charge in [0.1, 0.15) is 5.84 Å². The molecule has 0 aliphatic carbocycles. The van der Waals surface area contributed by atoms with Gasteiger partial charge in [0.15, 0.2) is 0 Å². The SMILES string of the molecule is Cc1ccc(NC(=O)CC(N)=NO)c(C)n1. The highest BCUT2D eigenvalue weighted by Crippen LogP contribution is 2.12. The number of pyridine rings is 1. The van der Waals surface area contributed by atoms with Crippen LogP contribution >= 0.6 is 0 Å². The molecule has 1 aromatic heterocycles. The van der Waals surface area contributed by atoms with E-state index in [9.17, 15) is 4.79 Å². The van der Waals surface area contributed by atoms with Gasteiger partial charge in [-0.1, -0.05) is 5.16 Å². The minimum atomic E-state index is -0.343. The Morgan fingerprint density at radius 3 is 2.81 bits per heavy atom. The maximum Gasteiger partial charge on any atom is 0.232 e. The number of aryl methyl sites for hydroxylation is 2. The summed E-state index contributed by atoms with van der Waals surface area (Å²) in [4.78, 5) is 15.6. The summed E-state index contributed by atoms with van der Waals surface area (Å²) in [6.07, 6.45) is -0.149. The quantitative estimate of drug-likeness (QED) is 0.304. The number of nitrogens with zero attached hydrogens (tertiary/aromatic N) is 2. The van der Waals surface area contributed by atoms with Crippen molar-refractivity contribution < 1.29 is 10.0 Å². The van der Waals surface area contributed by atoms with Crippen LogP contribution in [0.2, 0.25) is 0 Å². The second-order valence-electron chi connectivity index (χ2n) is 3.40. The van der Waals surface area contributed by atoms with E-state index in [1.807, 2.05) is 6.92 Å². The van der Waals surface area contributed by atoms with Crippen LogP contribution in [0.5, 0.6) is 0 Å². The summed E-state index contributed by atoms with van der Waals surface area (Å²) in [5.41, 5.74) is 7.45. The van der Waals surface area contributed by atoms with E-state index in [1.165, 1.54) is 0 Å². The standard InChI is InChI=1S/C10H14N4O2/c1-6-3-4-8(7(2)12-6)13-10(15)5-9(11)14-16/h3-4,16H,5H2,1-2H3,(H2,11,14)(H,13,15). The zero-order chi connectivity index (χ0) is 12.1. The molecule has 0 atom stereocenters. The lowest BCUT2D eigenvalue weighted by Crippen LogP contribution is -2.22. The third kappa shape index (κ3) is 3.23. The van der Waals surface area contributed by atoms with Gasteiger partial charge in [0.05, 0.1) is 17.8 Å². The van der Waals surface area contributed by atoms with Crippen LogP contribution < -0.4 is 11.1 Å². The fourth-order valence-corrected chi connectivity index (χ4v) is 1.21. The van der Waals surface area contributed by atoms with E-state index in [2.05, 4.69) is 15.5 Å². The molecule has 0 radical (unpaired) electrons. The van der Waals surface area contributed by atoms with Crippen molar-refractivity contribution in [3.05, 3.63) is 23.5 Å². The highest BCUT2D eigenvalue weighted by molar-refractivity contribution is 6.04. The molecule has 1 heterocycles. The van der Waals surface area contributed by atoms with Gasteiger partial charge in [0.25, 0.3) is 0 Å². The second kappa shape index (κ2) is 5.11. The zero-order valence-electron chi connectivity index (χ0n) is 9.19. The van der Waals surface area contributed by atoms with Crippen LogP contribution in [0.15, 0.2) is 17.3 Å². The van der Waals surface area contributed by atoms with E-state index in [-0.39, 0.29) is 18.2 Å². The van der Waals surface area contributed by atoms with E-state index in [4.69, 9.17) is 10.9 Å². The number of aromatic nitrogens is 1. The van der Waals surface area contributed by atoms with Gasteiger partial charge in [-0.25, -0.2) is 0 Å². The third-order valence-corrected chi connectivity index (χ3v) is 1.97. The summed E-state index contributed by atoms with van der Waals surface area (Å²) in [6, 6.07) is 3.56. The molecule has 0 unspecified atom stereocenters. The normalized spacial score (nSPS) is 11.2. The Hall–Kier alpha value is -2.11. The van der Waals surface area contributed by atoms with Crippen molar-refractivity contribution in [2.24, 2.45) is 10.9 Å².